The van der Waals surface area contributed by atoms with Gasteiger partial charge in [0.2, 0.25) is 0 Å². The second-order valence-electron chi connectivity index (χ2n) is 8.91. The van der Waals surface area contributed by atoms with Crippen molar-refractivity contribution in [1.82, 2.24) is 25.3 Å². The molecule has 1 spiro atoms. The van der Waals surface area contributed by atoms with Crippen LogP contribution in [0.5, 0.6) is 5.75 Å². The van der Waals surface area contributed by atoms with Crippen molar-refractivity contribution in [2.24, 2.45) is 5.41 Å². The summed E-state index contributed by atoms with van der Waals surface area (Å²) in [6.07, 6.45) is 4.05. The molecule has 1 atom stereocenters. The number of rotatable bonds is 4. The Morgan fingerprint density at radius 3 is 2.84 bits per heavy atom. The second kappa shape index (κ2) is 7.81. The highest BCUT2D eigenvalue weighted by Crippen LogP contribution is 2.50. The van der Waals surface area contributed by atoms with E-state index in [1.54, 1.807) is 4.90 Å². The Morgan fingerprint density at radius 1 is 1.31 bits per heavy atom. The summed E-state index contributed by atoms with van der Waals surface area (Å²) in [4.78, 5) is 39.7. The third-order valence-corrected chi connectivity index (χ3v) is 7.15. The zero-order valence-electron chi connectivity index (χ0n) is 17.4. The molecule has 3 N–H and O–H groups in total. The molecule has 0 radical (unpaired) electrons. The van der Waals surface area contributed by atoms with Gasteiger partial charge < -0.3 is 20.6 Å². The van der Waals surface area contributed by atoms with Crippen LogP contribution in [0.4, 0.5) is 0 Å². The molecule has 3 heterocycles. The topological polar surface area (TPSA) is 117 Å². The quantitative estimate of drug-likeness (QED) is 0.647. The van der Waals surface area contributed by atoms with Crippen LogP contribution in [0.1, 0.15) is 57.0 Å². The van der Waals surface area contributed by atoms with Crippen LogP contribution >= 0.6 is 11.6 Å². The maximum Gasteiger partial charge on any atom is 0.271 e. The third-order valence-electron chi connectivity index (χ3n) is 6.82. The SMILES string of the molecule is O=C(NCC1CC2(CCC2)CN1C(=O)c1cc(O)ccc1Cl)c1cc2n(n1)CCNC2=O. The summed E-state index contributed by atoms with van der Waals surface area (Å²) in [5.74, 6) is -0.890. The van der Waals surface area contributed by atoms with Crippen LogP contribution < -0.4 is 10.6 Å². The normalized spacial score (nSPS) is 21.1. The maximum absolute atomic E-state index is 13.3. The number of aromatic nitrogens is 2. The van der Waals surface area contributed by atoms with Crippen molar-refractivity contribution >= 4 is 29.3 Å². The van der Waals surface area contributed by atoms with E-state index in [1.807, 2.05) is 0 Å². The first-order valence-corrected chi connectivity index (χ1v) is 11.2. The number of amides is 3. The Bertz CT molecular complexity index is 1110. The van der Waals surface area contributed by atoms with Crippen LogP contribution in [0.15, 0.2) is 24.3 Å². The van der Waals surface area contributed by atoms with Gasteiger partial charge in [-0.2, -0.15) is 5.10 Å². The minimum absolute atomic E-state index is 0.0204. The van der Waals surface area contributed by atoms with Crippen LogP contribution in [0.2, 0.25) is 5.02 Å². The molecule has 5 rings (SSSR count). The number of nitrogens with zero attached hydrogens (tertiary/aromatic N) is 3. The van der Waals surface area contributed by atoms with Crippen molar-refractivity contribution in [2.75, 3.05) is 19.6 Å². The van der Waals surface area contributed by atoms with E-state index in [9.17, 15) is 19.5 Å². The minimum Gasteiger partial charge on any atom is -0.508 e. The molecule has 2 aliphatic heterocycles. The Hall–Kier alpha value is -3.07. The fourth-order valence-electron chi connectivity index (χ4n) is 5.00. The van der Waals surface area contributed by atoms with Crippen molar-refractivity contribution in [3.8, 4) is 5.75 Å². The summed E-state index contributed by atoms with van der Waals surface area (Å²) in [6.45, 7) is 1.88. The Kier molecular flexibility index (Phi) is 5.08. The molecule has 9 nitrogen and oxygen atoms in total. The lowest BCUT2D eigenvalue weighted by Gasteiger charge is -2.37. The van der Waals surface area contributed by atoms with Crippen LogP contribution in [0, 0.1) is 5.41 Å². The van der Waals surface area contributed by atoms with Gasteiger partial charge in [0.15, 0.2) is 5.69 Å². The number of likely N-dealkylation sites (tertiary alicyclic amines) is 1. The molecule has 1 aromatic carbocycles. The minimum atomic E-state index is -0.378. The van der Waals surface area contributed by atoms with Crippen LogP contribution in [0.3, 0.4) is 0 Å². The molecule has 2 fully saturated rings. The number of carbonyl (C=O) groups is 3. The van der Waals surface area contributed by atoms with Crippen molar-refractivity contribution in [1.29, 1.82) is 0 Å². The van der Waals surface area contributed by atoms with Gasteiger partial charge in [-0.3, -0.25) is 19.1 Å². The predicted octanol–water partition coefficient (Wildman–Crippen LogP) is 1.80. The predicted molar refractivity (Wildman–Crippen MR) is 116 cm³/mol. The molecule has 0 bridgehead atoms. The lowest BCUT2D eigenvalue weighted by Crippen LogP contribution is -2.43. The van der Waals surface area contributed by atoms with Crippen LogP contribution in [0.25, 0.3) is 0 Å². The number of nitrogens with one attached hydrogen (secondary N) is 2. The number of hydrogen-bond acceptors (Lipinski definition) is 5. The van der Waals surface area contributed by atoms with E-state index in [0.717, 1.165) is 25.7 Å². The summed E-state index contributed by atoms with van der Waals surface area (Å²) >= 11 is 6.23. The molecule has 1 saturated heterocycles. The van der Waals surface area contributed by atoms with Gasteiger partial charge in [-0.05, 0) is 42.9 Å². The fraction of sp³-hybridized carbons (Fsp3) is 0.455. The zero-order valence-corrected chi connectivity index (χ0v) is 18.2. The van der Waals surface area contributed by atoms with Gasteiger partial charge >= 0.3 is 0 Å². The number of fused-ring (bicyclic) bond motifs is 1. The molecule has 168 valence electrons. The average Bonchev–Trinajstić information content (AvgIpc) is 3.36. The molecule has 32 heavy (non-hydrogen) atoms. The molecule has 1 aromatic heterocycles. The highest BCUT2D eigenvalue weighted by atomic mass is 35.5. The number of aromatic hydroxyl groups is 1. The van der Waals surface area contributed by atoms with Crippen molar-refractivity contribution < 1.29 is 19.5 Å². The molecule has 2 aromatic rings. The van der Waals surface area contributed by atoms with E-state index < -0.39 is 0 Å². The smallest absolute Gasteiger partial charge is 0.271 e. The van der Waals surface area contributed by atoms with Crippen molar-refractivity contribution in [3.05, 3.63) is 46.2 Å². The lowest BCUT2D eigenvalue weighted by atomic mass is 9.67. The standard InChI is InChI=1S/C22H24ClN5O4/c23-16-3-2-14(29)8-15(16)21(32)27-12-22(4-1-5-22)10-13(27)11-25-19(30)17-9-18-20(31)24-6-7-28(18)26-17/h2-3,8-9,13,29H,1,4-7,10-12H2,(H,24,31)(H,25,30). The van der Waals surface area contributed by atoms with E-state index >= 15 is 0 Å². The molecule has 3 amide bonds. The first kappa shape index (κ1) is 20.8. The number of hydrogen-bond donors (Lipinski definition) is 3. The molecule has 10 heteroatoms. The average molecular weight is 458 g/mol. The largest absolute Gasteiger partial charge is 0.508 e. The van der Waals surface area contributed by atoms with E-state index in [4.69, 9.17) is 11.6 Å². The Morgan fingerprint density at radius 2 is 2.12 bits per heavy atom. The van der Waals surface area contributed by atoms with E-state index in [-0.39, 0.29) is 57.8 Å². The van der Waals surface area contributed by atoms with E-state index in [0.29, 0.717) is 25.3 Å². The lowest BCUT2D eigenvalue weighted by molar-refractivity contribution is 0.0685. The Balaban J connectivity index is 1.32. The zero-order chi connectivity index (χ0) is 22.5. The van der Waals surface area contributed by atoms with Gasteiger partial charge in [0.1, 0.15) is 11.4 Å². The van der Waals surface area contributed by atoms with E-state index in [2.05, 4.69) is 15.7 Å². The van der Waals surface area contributed by atoms with Gasteiger partial charge in [0.25, 0.3) is 17.7 Å². The molecular formula is C22H24ClN5O4. The molecular weight excluding hydrogens is 434 g/mol. The van der Waals surface area contributed by atoms with Crippen molar-refractivity contribution in [2.45, 2.75) is 38.3 Å². The highest BCUT2D eigenvalue weighted by molar-refractivity contribution is 6.33. The number of phenolic OH excluding ortho intramolecular Hbond substituents is 1. The van der Waals surface area contributed by atoms with Gasteiger partial charge in [-0.15, -0.1) is 0 Å². The monoisotopic (exact) mass is 457 g/mol. The number of halogens is 1. The molecule has 3 aliphatic rings. The third kappa shape index (κ3) is 3.60. The van der Waals surface area contributed by atoms with Gasteiger partial charge in [0, 0.05) is 31.7 Å². The van der Waals surface area contributed by atoms with Gasteiger partial charge in [0.05, 0.1) is 17.1 Å². The summed E-state index contributed by atoms with van der Waals surface area (Å²) in [5, 5.41) is 20.0. The molecule has 1 saturated carbocycles. The highest BCUT2D eigenvalue weighted by Gasteiger charge is 2.49. The van der Waals surface area contributed by atoms with Crippen molar-refractivity contribution in [3.63, 3.8) is 0 Å². The summed E-state index contributed by atoms with van der Waals surface area (Å²) in [6, 6.07) is 5.63. The Labute approximate surface area is 189 Å². The van der Waals surface area contributed by atoms with Gasteiger partial charge in [-0.25, -0.2) is 0 Å². The molecule has 1 aliphatic carbocycles. The second-order valence-corrected chi connectivity index (χ2v) is 9.32. The van der Waals surface area contributed by atoms with Crippen LogP contribution in [-0.4, -0.2) is 63.2 Å². The molecule has 1 unspecified atom stereocenters. The first-order valence-electron chi connectivity index (χ1n) is 10.8. The van der Waals surface area contributed by atoms with E-state index in [1.165, 1.54) is 28.9 Å². The number of benzene rings is 1. The summed E-state index contributed by atoms with van der Waals surface area (Å²) < 4.78 is 1.53. The summed E-state index contributed by atoms with van der Waals surface area (Å²) in [5.41, 5.74) is 0.889. The number of phenols is 1. The fourth-order valence-corrected chi connectivity index (χ4v) is 5.20. The first-order chi connectivity index (χ1) is 15.3. The maximum atomic E-state index is 13.3. The van der Waals surface area contributed by atoms with Gasteiger partial charge in [-0.1, -0.05) is 18.0 Å². The summed E-state index contributed by atoms with van der Waals surface area (Å²) in [7, 11) is 0. The number of carbonyl (C=O) groups excluding carboxylic acids is 3. The van der Waals surface area contributed by atoms with Crippen LogP contribution in [-0.2, 0) is 6.54 Å².